The molecule has 4 atom stereocenters. The van der Waals surface area contributed by atoms with Gasteiger partial charge in [-0.2, -0.15) is 0 Å². The van der Waals surface area contributed by atoms with Crippen LogP contribution in [0.15, 0.2) is 36.5 Å². The minimum atomic E-state index is -0.996. The number of benzene rings is 1. The zero-order valence-electron chi connectivity index (χ0n) is 17.4. The third-order valence-electron chi connectivity index (χ3n) is 5.42. The lowest BCUT2D eigenvalue weighted by Gasteiger charge is -2.36. The Morgan fingerprint density at radius 2 is 1.77 bits per heavy atom. The van der Waals surface area contributed by atoms with Crippen molar-refractivity contribution in [3.8, 4) is 5.75 Å². The van der Waals surface area contributed by atoms with Crippen molar-refractivity contribution in [2.24, 2.45) is 0 Å². The molecule has 3 rings (SSSR count). The van der Waals surface area contributed by atoms with E-state index in [1.807, 2.05) is 30.3 Å². The number of aliphatic hydroxyl groups excluding tert-OH is 3. The molecule has 1 aliphatic rings. The van der Waals surface area contributed by atoms with Gasteiger partial charge in [-0.1, -0.05) is 31.7 Å². The number of ether oxygens (including phenoxy) is 3. The van der Waals surface area contributed by atoms with E-state index in [1.165, 1.54) is 0 Å². The fourth-order valence-corrected chi connectivity index (χ4v) is 3.71. The number of fused-ring (bicyclic) bond motifs is 1. The molecule has 2 heterocycles. The summed E-state index contributed by atoms with van der Waals surface area (Å²) < 4.78 is 16.6. The van der Waals surface area contributed by atoms with Crippen LogP contribution in [-0.2, 0) is 9.47 Å². The van der Waals surface area contributed by atoms with Gasteiger partial charge in [-0.3, -0.25) is 4.98 Å². The predicted molar refractivity (Wildman–Crippen MR) is 113 cm³/mol. The van der Waals surface area contributed by atoms with Gasteiger partial charge in [0, 0.05) is 24.6 Å². The topological polar surface area (TPSA) is 101 Å². The maximum atomic E-state index is 10.1. The lowest BCUT2D eigenvalue weighted by Crippen LogP contribution is -2.50. The second-order valence-corrected chi connectivity index (χ2v) is 7.77. The number of hydrogen-bond acceptors (Lipinski definition) is 7. The van der Waals surface area contributed by atoms with Gasteiger partial charge in [-0.15, -0.1) is 0 Å². The van der Waals surface area contributed by atoms with E-state index in [0.717, 1.165) is 55.2 Å². The highest BCUT2D eigenvalue weighted by Gasteiger charge is 2.37. The summed E-state index contributed by atoms with van der Waals surface area (Å²) >= 11 is 0. The van der Waals surface area contributed by atoms with Crippen molar-refractivity contribution in [1.29, 1.82) is 0 Å². The molecule has 0 radical (unpaired) electrons. The minimum absolute atomic E-state index is 0.228. The molecule has 166 valence electrons. The standard InChI is InChI=1S/C23H33NO6/c25-16-21-23(27)20(15-22(26)30-21)29-13-6-4-2-1-3-5-12-28-18-9-10-19-17(14-18)8-7-11-24-19/h7-11,14,20-23,25-27H,1-6,12-13,15-16H2/t20-,21-,22?,23+/m1/s1. The van der Waals surface area contributed by atoms with E-state index >= 15 is 0 Å². The van der Waals surface area contributed by atoms with Gasteiger partial charge in [0.25, 0.3) is 0 Å². The van der Waals surface area contributed by atoms with Gasteiger partial charge >= 0.3 is 0 Å². The van der Waals surface area contributed by atoms with Crippen LogP contribution < -0.4 is 4.74 Å². The smallest absolute Gasteiger partial charge is 0.157 e. The Kier molecular flexibility index (Phi) is 9.29. The zero-order chi connectivity index (χ0) is 21.2. The molecule has 7 nitrogen and oxygen atoms in total. The van der Waals surface area contributed by atoms with Crippen LogP contribution in [0.3, 0.4) is 0 Å². The Morgan fingerprint density at radius 3 is 2.57 bits per heavy atom. The van der Waals surface area contributed by atoms with Crippen LogP contribution in [0.1, 0.15) is 44.9 Å². The Bertz CT molecular complexity index is 757. The number of rotatable bonds is 12. The molecule has 1 aromatic carbocycles. The molecular weight excluding hydrogens is 386 g/mol. The van der Waals surface area contributed by atoms with Gasteiger partial charge in [0.2, 0.25) is 0 Å². The summed E-state index contributed by atoms with van der Waals surface area (Å²) in [7, 11) is 0. The molecule has 0 bridgehead atoms. The molecule has 0 saturated carbocycles. The molecule has 30 heavy (non-hydrogen) atoms. The monoisotopic (exact) mass is 419 g/mol. The number of nitrogens with zero attached hydrogens (tertiary/aromatic N) is 1. The largest absolute Gasteiger partial charge is 0.494 e. The summed E-state index contributed by atoms with van der Waals surface area (Å²) in [5.41, 5.74) is 0.976. The SMILES string of the molecule is OC[C@H]1OC(O)C[C@@H](OCCCCCCCCOc2ccc3ncccc3c2)[C@@H]1O. The van der Waals surface area contributed by atoms with Crippen molar-refractivity contribution in [2.75, 3.05) is 19.8 Å². The fraction of sp³-hybridized carbons (Fsp3) is 0.609. The molecule has 3 N–H and O–H groups in total. The number of pyridine rings is 1. The number of aromatic nitrogens is 1. The third-order valence-corrected chi connectivity index (χ3v) is 5.42. The van der Waals surface area contributed by atoms with Crippen LogP contribution in [0.4, 0.5) is 0 Å². The summed E-state index contributed by atoms with van der Waals surface area (Å²) in [5.74, 6) is 0.886. The van der Waals surface area contributed by atoms with E-state index in [9.17, 15) is 15.3 Å². The zero-order valence-corrected chi connectivity index (χ0v) is 17.4. The van der Waals surface area contributed by atoms with Crippen molar-refractivity contribution >= 4 is 10.9 Å². The Morgan fingerprint density at radius 1 is 1.00 bits per heavy atom. The first-order chi connectivity index (χ1) is 14.7. The highest BCUT2D eigenvalue weighted by Crippen LogP contribution is 2.22. The maximum absolute atomic E-state index is 10.1. The van der Waals surface area contributed by atoms with Gasteiger partial charge in [0.1, 0.15) is 18.0 Å². The second-order valence-electron chi connectivity index (χ2n) is 7.77. The summed E-state index contributed by atoms with van der Waals surface area (Å²) in [6.45, 7) is 0.914. The summed E-state index contributed by atoms with van der Waals surface area (Å²) in [4.78, 5) is 4.31. The third kappa shape index (κ3) is 6.89. The maximum Gasteiger partial charge on any atom is 0.157 e. The van der Waals surface area contributed by atoms with Crippen LogP contribution in [0.5, 0.6) is 5.75 Å². The minimum Gasteiger partial charge on any atom is -0.494 e. The van der Waals surface area contributed by atoms with Crippen molar-refractivity contribution in [3.63, 3.8) is 0 Å². The average Bonchev–Trinajstić information content (AvgIpc) is 2.76. The summed E-state index contributed by atoms with van der Waals surface area (Å²) in [6, 6.07) is 9.94. The van der Waals surface area contributed by atoms with Crippen LogP contribution >= 0.6 is 0 Å². The molecule has 1 fully saturated rings. The molecule has 0 aliphatic carbocycles. The lowest BCUT2D eigenvalue weighted by atomic mass is 10.0. The second kappa shape index (κ2) is 12.2. The number of aliphatic hydroxyl groups is 3. The van der Waals surface area contributed by atoms with E-state index in [0.29, 0.717) is 13.2 Å². The fourth-order valence-electron chi connectivity index (χ4n) is 3.71. The Labute approximate surface area is 177 Å². The van der Waals surface area contributed by atoms with Crippen molar-refractivity contribution in [3.05, 3.63) is 36.5 Å². The Balaban J connectivity index is 1.20. The molecule has 0 amide bonds. The predicted octanol–water partition coefficient (Wildman–Crippen LogP) is 2.80. The quantitative estimate of drug-likeness (QED) is 0.455. The van der Waals surface area contributed by atoms with Gasteiger partial charge in [0.05, 0.1) is 24.8 Å². The molecule has 0 spiro atoms. The molecule has 2 aromatic rings. The van der Waals surface area contributed by atoms with Gasteiger partial charge in [-0.25, -0.2) is 0 Å². The van der Waals surface area contributed by atoms with Gasteiger partial charge in [0.15, 0.2) is 6.29 Å². The molecule has 1 aromatic heterocycles. The Hall–Kier alpha value is -1.77. The van der Waals surface area contributed by atoms with Gasteiger partial charge in [-0.05, 0) is 37.1 Å². The number of unbranched alkanes of at least 4 members (excludes halogenated alkanes) is 5. The average molecular weight is 420 g/mol. The molecular formula is C23H33NO6. The first-order valence-corrected chi connectivity index (χ1v) is 10.9. The van der Waals surface area contributed by atoms with E-state index in [1.54, 1.807) is 6.20 Å². The van der Waals surface area contributed by atoms with Crippen LogP contribution in [0, 0.1) is 0 Å². The van der Waals surface area contributed by atoms with Crippen molar-refractivity contribution < 1.29 is 29.5 Å². The first kappa shape index (κ1) is 22.9. The van der Waals surface area contributed by atoms with Crippen LogP contribution in [0.25, 0.3) is 10.9 Å². The normalized spacial score (nSPS) is 24.2. The lowest BCUT2D eigenvalue weighted by molar-refractivity contribution is -0.247. The molecule has 1 saturated heterocycles. The summed E-state index contributed by atoms with van der Waals surface area (Å²) in [5, 5.41) is 30.0. The molecule has 1 unspecified atom stereocenters. The highest BCUT2D eigenvalue weighted by molar-refractivity contribution is 5.79. The van der Waals surface area contributed by atoms with E-state index in [-0.39, 0.29) is 13.0 Å². The summed E-state index contributed by atoms with van der Waals surface area (Å²) in [6.07, 6.45) is 5.23. The number of hydrogen-bond donors (Lipinski definition) is 3. The van der Waals surface area contributed by atoms with Crippen molar-refractivity contribution in [2.45, 2.75) is 69.5 Å². The van der Waals surface area contributed by atoms with E-state index < -0.39 is 24.6 Å². The van der Waals surface area contributed by atoms with Gasteiger partial charge < -0.3 is 29.5 Å². The highest BCUT2D eigenvalue weighted by atomic mass is 16.6. The van der Waals surface area contributed by atoms with Crippen LogP contribution in [-0.4, -0.2) is 64.7 Å². The van der Waals surface area contributed by atoms with E-state index in [4.69, 9.17) is 14.2 Å². The van der Waals surface area contributed by atoms with Crippen LogP contribution in [0.2, 0.25) is 0 Å². The van der Waals surface area contributed by atoms with Crippen molar-refractivity contribution in [1.82, 2.24) is 4.98 Å². The van der Waals surface area contributed by atoms with E-state index in [2.05, 4.69) is 4.98 Å². The molecule has 1 aliphatic heterocycles. The first-order valence-electron chi connectivity index (χ1n) is 10.9. The molecule has 7 heteroatoms.